The Bertz CT molecular complexity index is 1000. The molecule has 2 atom stereocenters. The quantitative estimate of drug-likeness (QED) is 0.340. The lowest BCUT2D eigenvalue weighted by Gasteiger charge is -2.19. The van der Waals surface area contributed by atoms with E-state index in [1.165, 1.54) is 10.8 Å². The third-order valence-corrected chi connectivity index (χ3v) is 4.65. The Hall–Kier alpha value is -3.08. The van der Waals surface area contributed by atoms with Gasteiger partial charge in [-0.05, 0) is 59.7 Å². The van der Waals surface area contributed by atoms with Crippen LogP contribution in [0.4, 0.5) is 0 Å². The van der Waals surface area contributed by atoms with Gasteiger partial charge in [-0.15, -0.1) is 0 Å². The highest BCUT2D eigenvalue weighted by Crippen LogP contribution is 2.23. The van der Waals surface area contributed by atoms with E-state index in [4.69, 9.17) is 18.9 Å². The van der Waals surface area contributed by atoms with Crippen molar-refractivity contribution in [1.82, 2.24) is 0 Å². The highest BCUT2D eigenvalue weighted by molar-refractivity contribution is 5.84. The summed E-state index contributed by atoms with van der Waals surface area (Å²) in [6.07, 6.45) is -0.881. The third kappa shape index (κ3) is 5.05. The summed E-state index contributed by atoms with van der Waals surface area (Å²) in [6, 6.07) is 28.3. The van der Waals surface area contributed by atoms with Crippen LogP contribution in [0, 0.1) is 0 Å². The van der Waals surface area contributed by atoms with Crippen LogP contribution in [0.25, 0.3) is 21.5 Å². The second-order valence-corrected chi connectivity index (χ2v) is 6.84. The van der Waals surface area contributed by atoms with Crippen LogP contribution in [-0.4, -0.2) is 19.4 Å². The summed E-state index contributed by atoms with van der Waals surface area (Å²) in [5.74, 6) is 1.52. The molecule has 4 heteroatoms. The number of benzene rings is 4. The van der Waals surface area contributed by atoms with E-state index in [0.717, 1.165) is 22.3 Å². The van der Waals surface area contributed by atoms with Gasteiger partial charge in [0.15, 0.2) is 19.4 Å². The SMILES string of the molecule is CC(OCOC(C)Oc1ccc2ccccc2c1)Oc1ccc2ccccc2c1. The molecule has 4 aromatic carbocycles. The molecular weight excluding hydrogens is 364 g/mol. The second kappa shape index (κ2) is 8.95. The van der Waals surface area contributed by atoms with Crippen LogP contribution in [0.1, 0.15) is 13.8 Å². The van der Waals surface area contributed by atoms with Crippen molar-refractivity contribution in [2.24, 2.45) is 0 Å². The van der Waals surface area contributed by atoms with Gasteiger partial charge in [0.2, 0.25) is 0 Å². The minimum atomic E-state index is -0.441. The zero-order valence-electron chi connectivity index (χ0n) is 16.6. The summed E-state index contributed by atoms with van der Waals surface area (Å²) in [7, 11) is 0. The molecular formula is C25H24O4. The van der Waals surface area contributed by atoms with Gasteiger partial charge < -0.3 is 18.9 Å². The maximum atomic E-state index is 5.83. The lowest BCUT2D eigenvalue weighted by molar-refractivity contribution is -0.196. The number of ether oxygens (including phenoxy) is 4. The zero-order valence-corrected chi connectivity index (χ0v) is 16.6. The summed E-state index contributed by atoms with van der Waals surface area (Å²) in [6.45, 7) is 3.75. The Morgan fingerprint density at radius 3 is 1.41 bits per heavy atom. The average Bonchev–Trinajstić information content (AvgIpc) is 2.73. The van der Waals surface area contributed by atoms with Crippen LogP contribution in [0.15, 0.2) is 84.9 Å². The van der Waals surface area contributed by atoms with Gasteiger partial charge in [0, 0.05) is 0 Å². The smallest absolute Gasteiger partial charge is 0.199 e. The van der Waals surface area contributed by atoms with E-state index in [1.807, 2.05) is 74.5 Å². The van der Waals surface area contributed by atoms with Crippen molar-refractivity contribution in [3.63, 3.8) is 0 Å². The molecule has 4 nitrogen and oxygen atoms in total. The van der Waals surface area contributed by atoms with Crippen LogP contribution in [0.2, 0.25) is 0 Å². The van der Waals surface area contributed by atoms with Crippen molar-refractivity contribution < 1.29 is 18.9 Å². The summed E-state index contributed by atoms with van der Waals surface area (Å²) < 4.78 is 22.9. The van der Waals surface area contributed by atoms with Crippen LogP contribution >= 0.6 is 0 Å². The summed E-state index contributed by atoms with van der Waals surface area (Å²) in [5.41, 5.74) is 0. The molecule has 0 radical (unpaired) electrons. The molecule has 0 bridgehead atoms. The number of rotatable bonds is 8. The molecule has 0 N–H and O–H groups in total. The van der Waals surface area contributed by atoms with E-state index in [0.29, 0.717) is 0 Å². The molecule has 4 aromatic rings. The first-order valence-electron chi connectivity index (χ1n) is 9.71. The van der Waals surface area contributed by atoms with Gasteiger partial charge in [0.05, 0.1) is 0 Å². The molecule has 0 aromatic heterocycles. The summed E-state index contributed by atoms with van der Waals surface area (Å²) in [4.78, 5) is 0. The molecule has 0 saturated heterocycles. The van der Waals surface area contributed by atoms with E-state index in [9.17, 15) is 0 Å². The standard InChI is InChI=1S/C25H24O4/c1-18(28-24-13-11-20-7-3-5-9-22(20)15-24)26-17-27-19(2)29-25-14-12-21-8-4-6-10-23(21)16-25/h3-16,18-19H,17H2,1-2H3. The van der Waals surface area contributed by atoms with E-state index < -0.39 is 12.6 Å². The maximum absolute atomic E-state index is 5.83. The molecule has 29 heavy (non-hydrogen) atoms. The molecule has 0 aliphatic heterocycles. The molecule has 0 amide bonds. The largest absolute Gasteiger partial charge is 0.465 e. The Balaban J connectivity index is 1.25. The van der Waals surface area contributed by atoms with Gasteiger partial charge in [0.25, 0.3) is 0 Å². The zero-order chi connectivity index (χ0) is 20.1. The number of fused-ring (bicyclic) bond motifs is 2. The van der Waals surface area contributed by atoms with Crippen LogP contribution in [0.3, 0.4) is 0 Å². The first-order valence-corrected chi connectivity index (χ1v) is 9.71. The Labute approximate surface area is 170 Å². The van der Waals surface area contributed by atoms with Crippen LogP contribution in [-0.2, 0) is 9.47 Å². The van der Waals surface area contributed by atoms with Crippen LogP contribution < -0.4 is 9.47 Å². The molecule has 0 spiro atoms. The predicted molar refractivity (Wildman–Crippen MR) is 115 cm³/mol. The van der Waals surface area contributed by atoms with Gasteiger partial charge in [-0.1, -0.05) is 60.7 Å². The van der Waals surface area contributed by atoms with Crippen molar-refractivity contribution in [3.8, 4) is 11.5 Å². The first-order chi connectivity index (χ1) is 14.2. The monoisotopic (exact) mass is 388 g/mol. The molecule has 2 unspecified atom stereocenters. The summed E-state index contributed by atoms with van der Waals surface area (Å²) in [5, 5.41) is 4.62. The van der Waals surface area contributed by atoms with Crippen molar-refractivity contribution in [2.75, 3.05) is 6.79 Å². The maximum Gasteiger partial charge on any atom is 0.199 e. The van der Waals surface area contributed by atoms with Crippen molar-refractivity contribution in [3.05, 3.63) is 84.9 Å². The molecule has 148 valence electrons. The molecule has 0 aliphatic carbocycles. The average molecular weight is 388 g/mol. The van der Waals surface area contributed by atoms with Gasteiger partial charge in [-0.3, -0.25) is 0 Å². The lowest BCUT2D eigenvalue weighted by Crippen LogP contribution is -2.23. The second-order valence-electron chi connectivity index (χ2n) is 6.84. The van der Waals surface area contributed by atoms with Crippen molar-refractivity contribution >= 4 is 21.5 Å². The Morgan fingerprint density at radius 2 is 0.966 bits per heavy atom. The molecule has 4 rings (SSSR count). The van der Waals surface area contributed by atoms with Gasteiger partial charge in [-0.25, -0.2) is 0 Å². The van der Waals surface area contributed by atoms with E-state index >= 15 is 0 Å². The highest BCUT2D eigenvalue weighted by Gasteiger charge is 2.09. The van der Waals surface area contributed by atoms with Gasteiger partial charge in [0.1, 0.15) is 11.5 Å². The Kier molecular flexibility index (Phi) is 5.94. The number of hydrogen-bond acceptors (Lipinski definition) is 4. The molecule has 0 heterocycles. The van der Waals surface area contributed by atoms with E-state index in [1.54, 1.807) is 0 Å². The fourth-order valence-corrected chi connectivity index (χ4v) is 3.16. The van der Waals surface area contributed by atoms with Crippen molar-refractivity contribution in [2.45, 2.75) is 26.4 Å². The fourth-order valence-electron chi connectivity index (χ4n) is 3.16. The minimum Gasteiger partial charge on any atom is -0.465 e. The normalized spacial score (nSPS) is 13.3. The minimum absolute atomic E-state index is 0.0729. The molecule has 0 aliphatic rings. The first kappa shape index (κ1) is 19.2. The topological polar surface area (TPSA) is 36.9 Å². The lowest BCUT2D eigenvalue weighted by atomic mass is 10.1. The third-order valence-electron chi connectivity index (χ3n) is 4.65. The number of hydrogen-bond donors (Lipinski definition) is 0. The molecule has 0 fully saturated rings. The van der Waals surface area contributed by atoms with Gasteiger partial charge >= 0.3 is 0 Å². The van der Waals surface area contributed by atoms with Crippen molar-refractivity contribution in [1.29, 1.82) is 0 Å². The summed E-state index contributed by atoms with van der Waals surface area (Å²) >= 11 is 0. The molecule has 0 saturated carbocycles. The van der Waals surface area contributed by atoms with Crippen LogP contribution in [0.5, 0.6) is 11.5 Å². The highest BCUT2D eigenvalue weighted by atomic mass is 16.8. The van der Waals surface area contributed by atoms with E-state index in [-0.39, 0.29) is 6.79 Å². The van der Waals surface area contributed by atoms with E-state index in [2.05, 4.69) is 24.3 Å². The fraction of sp³-hybridized carbons (Fsp3) is 0.200. The van der Waals surface area contributed by atoms with Gasteiger partial charge in [-0.2, -0.15) is 0 Å². The Morgan fingerprint density at radius 1 is 0.552 bits per heavy atom. The predicted octanol–water partition coefficient (Wildman–Crippen LogP) is 6.13.